The zero-order valence-electron chi connectivity index (χ0n) is 8.24. The van der Waals surface area contributed by atoms with Gasteiger partial charge in [-0.25, -0.2) is 4.98 Å². The number of aliphatic hydroxyl groups is 1. The van der Waals surface area contributed by atoms with E-state index in [0.717, 1.165) is 0 Å². The van der Waals surface area contributed by atoms with Gasteiger partial charge in [0.2, 0.25) is 0 Å². The van der Waals surface area contributed by atoms with Crippen molar-refractivity contribution in [3.63, 3.8) is 0 Å². The normalized spacial score (nSPS) is 25.5. The summed E-state index contributed by atoms with van der Waals surface area (Å²) in [6, 6.07) is 3.52. The van der Waals surface area contributed by atoms with Crippen LogP contribution in [0.15, 0.2) is 18.3 Å². The van der Waals surface area contributed by atoms with Crippen molar-refractivity contribution in [3.8, 4) is 0 Å². The zero-order valence-corrected chi connectivity index (χ0v) is 9.00. The predicted octanol–water partition coefficient (Wildman–Crippen LogP) is 1.30. The lowest BCUT2D eigenvalue weighted by Crippen LogP contribution is -2.37. The van der Waals surface area contributed by atoms with E-state index in [0.29, 0.717) is 37.0 Å². The van der Waals surface area contributed by atoms with E-state index in [1.807, 2.05) is 0 Å². The molecule has 0 bridgehead atoms. The van der Waals surface area contributed by atoms with Gasteiger partial charge in [-0.3, -0.25) is 0 Å². The Morgan fingerprint density at radius 2 is 2.53 bits per heavy atom. The summed E-state index contributed by atoms with van der Waals surface area (Å²) in [6.07, 6.45) is 2.30. The maximum absolute atomic E-state index is 9.99. The molecule has 0 saturated carbocycles. The number of hydrogen-bond acceptors (Lipinski definition) is 4. The van der Waals surface area contributed by atoms with Crippen molar-refractivity contribution in [2.24, 2.45) is 0 Å². The minimum Gasteiger partial charge on any atom is -0.386 e. The van der Waals surface area contributed by atoms with E-state index in [1.165, 1.54) is 0 Å². The summed E-state index contributed by atoms with van der Waals surface area (Å²) in [5.41, 5.74) is -0.791. The SMILES string of the molecule is OC1(CNc2ncccc2Cl)CCOC1. The second-order valence-corrected chi connectivity index (χ2v) is 4.12. The van der Waals surface area contributed by atoms with Crippen LogP contribution in [0.2, 0.25) is 5.02 Å². The highest BCUT2D eigenvalue weighted by Gasteiger charge is 2.32. The van der Waals surface area contributed by atoms with Crippen molar-refractivity contribution in [3.05, 3.63) is 23.4 Å². The molecule has 0 aliphatic carbocycles. The number of rotatable bonds is 3. The molecule has 1 aromatic heterocycles. The number of aromatic nitrogens is 1. The van der Waals surface area contributed by atoms with E-state index >= 15 is 0 Å². The fourth-order valence-electron chi connectivity index (χ4n) is 1.50. The number of hydrogen-bond donors (Lipinski definition) is 2. The minimum atomic E-state index is -0.791. The third-order valence-corrected chi connectivity index (χ3v) is 2.73. The number of ether oxygens (including phenoxy) is 1. The Balaban J connectivity index is 1.95. The molecule has 0 amide bonds. The van der Waals surface area contributed by atoms with Crippen LogP contribution in [0, 0.1) is 0 Å². The highest BCUT2D eigenvalue weighted by atomic mass is 35.5. The second-order valence-electron chi connectivity index (χ2n) is 3.71. The van der Waals surface area contributed by atoms with Crippen LogP contribution in [-0.2, 0) is 4.74 Å². The molecule has 0 spiro atoms. The van der Waals surface area contributed by atoms with Gasteiger partial charge < -0.3 is 15.2 Å². The van der Waals surface area contributed by atoms with E-state index in [9.17, 15) is 5.11 Å². The van der Waals surface area contributed by atoms with Gasteiger partial charge in [-0.15, -0.1) is 0 Å². The second kappa shape index (κ2) is 4.35. The summed E-state index contributed by atoms with van der Waals surface area (Å²) in [5.74, 6) is 0.597. The van der Waals surface area contributed by atoms with Gasteiger partial charge in [0.05, 0.1) is 11.6 Å². The molecular formula is C10H13ClN2O2. The van der Waals surface area contributed by atoms with E-state index < -0.39 is 5.60 Å². The number of nitrogens with zero attached hydrogens (tertiary/aromatic N) is 1. The van der Waals surface area contributed by atoms with Gasteiger partial charge in [-0.2, -0.15) is 0 Å². The van der Waals surface area contributed by atoms with Crippen LogP contribution in [0.25, 0.3) is 0 Å². The summed E-state index contributed by atoms with van der Waals surface area (Å²) >= 11 is 5.92. The van der Waals surface area contributed by atoms with Gasteiger partial charge in [0.15, 0.2) is 0 Å². The molecule has 1 saturated heterocycles. The summed E-state index contributed by atoms with van der Waals surface area (Å²) in [4.78, 5) is 4.08. The first-order chi connectivity index (χ1) is 7.20. The van der Waals surface area contributed by atoms with Gasteiger partial charge in [0.25, 0.3) is 0 Å². The van der Waals surface area contributed by atoms with Crippen LogP contribution in [0.3, 0.4) is 0 Å². The zero-order chi connectivity index (χ0) is 10.7. The maximum atomic E-state index is 9.99. The molecule has 15 heavy (non-hydrogen) atoms. The van der Waals surface area contributed by atoms with Crippen molar-refractivity contribution in [1.29, 1.82) is 0 Å². The molecule has 2 heterocycles. The van der Waals surface area contributed by atoms with Crippen LogP contribution in [0.4, 0.5) is 5.82 Å². The third-order valence-electron chi connectivity index (χ3n) is 2.43. The van der Waals surface area contributed by atoms with Crippen molar-refractivity contribution < 1.29 is 9.84 Å². The van der Waals surface area contributed by atoms with Gasteiger partial charge in [-0.1, -0.05) is 11.6 Å². The third kappa shape index (κ3) is 2.59. The molecule has 1 aromatic rings. The smallest absolute Gasteiger partial charge is 0.144 e. The Morgan fingerprint density at radius 3 is 3.20 bits per heavy atom. The summed E-state index contributed by atoms with van der Waals surface area (Å²) in [7, 11) is 0. The Bertz CT molecular complexity index is 340. The lowest BCUT2D eigenvalue weighted by atomic mass is 10.0. The molecule has 82 valence electrons. The van der Waals surface area contributed by atoms with E-state index in [4.69, 9.17) is 16.3 Å². The Labute approximate surface area is 93.2 Å². The largest absolute Gasteiger partial charge is 0.386 e. The van der Waals surface area contributed by atoms with Crippen LogP contribution < -0.4 is 5.32 Å². The highest BCUT2D eigenvalue weighted by molar-refractivity contribution is 6.32. The molecule has 0 aromatic carbocycles. The number of nitrogens with one attached hydrogen (secondary N) is 1. The molecule has 1 fully saturated rings. The lowest BCUT2D eigenvalue weighted by molar-refractivity contribution is 0.0381. The first-order valence-electron chi connectivity index (χ1n) is 4.84. The standard InChI is InChI=1S/C10H13ClN2O2/c11-8-2-1-4-12-9(8)13-6-10(14)3-5-15-7-10/h1-2,4,14H,3,5-7H2,(H,12,13). The molecule has 1 atom stereocenters. The monoisotopic (exact) mass is 228 g/mol. The topological polar surface area (TPSA) is 54.4 Å². The van der Waals surface area contributed by atoms with Crippen molar-refractivity contribution in [2.45, 2.75) is 12.0 Å². The van der Waals surface area contributed by atoms with Crippen LogP contribution >= 0.6 is 11.6 Å². The summed E-state index contributed by atoms with van der Waals surface area (Å²) < 4.78 is 5.14. The average Bonchev–Trinajstić information content (AvgIpc) is 2.65. The molecule has 1 aliphatic heterocycles. The van der Waals surface area contributed by atoms with Crippen LogP contribution in [0.5, 0.6) is 0 Å². The maximum Gasteiger partial charge on any atom is 0.144 e. The van der Waals surface area contributed by atoms with Gasteiger partial charge in [-0.05, 0) is 12.1 Å². The van der Waals surface area contributed by atoms with Crippen molar-refractivity contribution in [2.75, 3.05) is 25.1 Å². The summed E-state index contributed by atoms with van der Waals surface area (Å²) in [6.45, 7) is 1.38. The Morgan fingerprint density at radius 1 is 1.67 bits per heavy atom. The first kappa shape index (κ1) is 10.7. The van der Waals surface area contributed by atoms with Crippen LogP contribution in [0.1, 0.15) is 6.42 Å². The summed E-state index contributed by atoms with van der Waals surface area (Å²) in [5, 5.41) is 13.6. The molecule has 1 unspecified atom stereocenters. The van der Waals surface area contributed by atoms with Gasteiger partial charge in [0, 0.05) is 25.8 Å². The average molecular weight is 229 g/mol. The minimum absolute atomic E-state index is 0.366. The quantitative estimate of drug-likeness (QED) is 0.819. The van der Waals surface area contributed by atoms with Crippen molar-refractivity contribution >= 4 is 17.4 Å². The van der Waals surface area contributed by atoms with E-state index in [1.54, 1.807) is 18.3 Å². The number of pyridine rings is 1. The lowest BCUT2D eigenvalue weighted by Gasteiger charge is -2.21. The Kier molecular flexibility index (Phi) is 3.09. The molecule has 2 N–H and O–H groups in total. The molecular weight excluding hydrogens is 216 g/mol. The predicted molar refractivity (Wildman–Crippen MR) is 58.1 cm³/mol. The number of anilines is 1. The molecule has 4 nitrogen and oxygen atoms in total. The molecule has 0 radical (unpaired) electrons. The van der Waals surface area contributed by atoms with E-state index in [2.05, 4.69) is 10.3 Å². The van der Waals surface area contributed by atoms with Gasteiger partial charge >= 0.3 is 0 Å². The van der Waals surface area contributed by atoms with Crippen LogP contribution in [-0.4, -0.2) is 35.5 Å². The fraction of sp³-hybridized carbons (Fsp3) is 0.500. The fourth-order valence-corrected chi connectivity index (χ4v) is 1.69. The Hall–Kier alpha value is -0.840. The molecule has 1 aliphatic rings. The first-order valence-corrected chi connectivity index (χ1v) is 5.22. The van der Waals surface area contributed by atoms with E-state index in [-0.39, 0.29) is 0 Å². The molecule has 5 heteroatoms. The van der Waals surface area contributed by atoms with Gasteiger partial charge in [0.1, 0.15) is 11.4 Å². The highest BCUT2D eigenvalue weighted by Crippen LogP contribution is 2.21. The number of halogens is 1. The molecule has 2 rings (SSSR count). The van der Waals surface area contributed by atoms with Crippen molar-refractivity contribution in [1.82, 2.24) is 4.98 Å².